The van der Waals surface area contributed by atoms with Crippen molar-refractivity contribution in [3.05, 3.63) is 39.9 Å². The normalized spacial score (nSPS) is 10.4. The molecule has 0 spiro atoms. The molecule has 0 saturated heterocycles. The number of nitrogens with zero attached hydrogens (tertiary/aromatic N) is 1. The Morgan fingerprint density at radius 1 is 1.29 bits per heavy atom. The quantitative estimate of drug-likeness (QED) is 0.623. The van der Waals surface area contributed by atoms with Crippen molar-refractivity contribution < 1.29 is 4.42 Å². The molecule has 4 heteroatoms. The van der Waals surface area contributed by atoms with Gasteiger partial charge in [0.25, 0.3) is 0 Å². The molecule has 0 amide bonds. The summed E-state index contributed by atoms with van der Waals surface area (Å²) in [5, 5.41) is 0. The maximum absolute atomic E-state index is 5.60. The number of benzene rings is 1. The molecule has 0 unspecified atom stereocenters. The molecule has 1 aromatic heterocycles. The number of aromatic nitrogens is 1. The van der Waals surface area contributed by atoms with Gasteiger partial charge in [0.2, 0.25) is 5.89 Å². The first-order valence-electron chi connectivity index (χ1n) is 4.06. The lowest BCUT2D eigenvalue weighted by molar-refractivity contribution is 0.529. The predicted molar refractivity (Wildman–Crippen MR) is 64.2 cm³/mol. The summed E-state index contributed by atoms with van der Waals surface area (Å²) in [5.41, 5.74) is 1.02. The number of rotatable bonds is 2. The molecule has 0 radical (unpaired) electrons. The maximum Gasteiger partial charge on any atom is 0.209 e. The first-order chi connectivity index (χ1) is 6.79. The summed E-state index contributed by atoms with van der Waals surface area (Å²) in [7, 11) is 0. The van der Waals surface area contributed by atoms with Crippen LogP contribution in [0.2, 0.25) is 0 Å². The minimum absolute atomic E-state index is 0.310. The molecule has 1 aromatic carbocycles. The van der Waals surface area contributed by atoms with Gasteiger partial charge in [-0.25, -0.2) is 4.98 Å². The van der Waals surface area contributed by atoms with Crippen molar-refractivity contribution in [2.24, 2.45) is 0 Å². The summed E-state index contributed by atoms with van der Waals surface area (Å²) in [4.78, 5) is 4.03. The third-order valence-corrected chi connectivity index (χ3v) is 2.74. The summed E-state index contributed by atoms with van der Waals surface area (Å²) < 4.78 is 6.61. The fraction of sp³-hybridized carbons (Fsp3) is 0.100. The molecular formula is C10H7ClINO. The van der Waals surface area contributed by atoms with E-state index >= 15 is 0 Å². The summed E-state index contributed by atoms with van der Waals surface area (Å²) in [6, 6.07) is 8.05. The topological polar surface area (TPSA) is 26.0 Å². The highest BCUT2D eigenvalue weighted by atomic mass is 127. The lowest BCUT2D eigenvalue weighted by Gasteiger charge is -1.95. The Bertz CT molecular complexity index is 424. The Kier molecular flexibility index (Phi) is 3.08. The van der Waals surface area contributed by atoms with Crippen molar-refractivity contribution in [2.75, 3.05) is 0 Å². The highest BCUT2D eigenvalue weighted by molar-refractivity contribution is 14.1. The Labute approximate surface area is 100 Å². The fourth-order valence-corrected chi connectivity index (χ4v) is 1.60. The molecule has 1 heterocycles. The Morgan fingerprint density at radius 3 is 2.57 bits per heavy atom. The standard InChI is InChI=1S/C10H7ClINO/c11-5-10-13-6-9(14-10)7-1-3-8(12)4-2-7/h1-4,6H,5H2. The van der Waals surface area contributed by atoms with E-state index in [-0.39, 0.29) is 0 Å². The van der Waals surface area contributed by atoms with Crippen molar-refractivity contribution in [2.45, 2.75) is 5.88 Å². The van der Waals surface area contributed by atoms with Crippen LogP contribution in [0.25, 0.3) is 11.3 Å². The van der Waals surface area contributed by atoms with Crippen LogP contribution in [0.4, 0.5) is 0 Å². The largest absolute Gasteiger partial charge is 0.439 e. The van der Waals surface area contributed by atoms with Gasteiger partial charge < -0.3 is 4.42 Å². The maximum atomic E-state index is 5.60. The minimum Gasteiger partial charge on any atom is -0.439 e. The average molecular weight is 320 g/mol. The van der Waals surface area contributed by atoms with Crippen molar-refractivity contribution in [3.63, 3.8) is 0 Å². The van der Waals surface area contributed by atoms with Gasteiger partial charge in [-0.1, -0.05) is 12.1 Å². The lowest BCUT2D eigenvalue weighted by Crippen LogP contribution is -1.74. The van der Waals surface area contributed by atoms with Crippen molar-refractivity contribution in [1.29, 1.82) is 0 Å². The number of oxazole rings is 1. The molecule has 0 atom stereocenters. The number of alkyl halides is 1. The second-order valence-corrected chi connectivity index (χ2v) is 4.27. The molecule has 14 heavy (non-hydrogen) atoms. The third-order valence-electron chi connectivity index (χ3n) is 1.80. The number of hydrogen-bond acceptors (Lipinski definition) is 2. The highest BCUT2D eigenvalue weighted by Crippen LogP contribution is 2.21. The van der Waals surface area contributed by atoms with E-state index in [1.165, 1.54) is 3.57 Å². The van der Waals surface area contributed by atoms with Gasteiger partial charge in [0.15, 0.2) is 5.76 Å². The molecule has 0 fully saturated rings. The summed E-state index contributed by atoms with van der Waals surface area (Å²) in [6.45, 7) is 0. The molecule has 72 valence electrons. The van der Waals surface area contributed by atoms with E-state index in [0.29, 0.717) is 11.8 Å². The zero-order chi connectivity index (χ0) is 9.97. The van der Waals surface area contributed by atoms with Gasteiger partial charge in [0.05, 0.1) is 12.1 Å². The van der Waals surface area contributed by atoms with Crippen LogP contribution in [0, 0.1) is 3.57 Å². The van der Waals surface area contributed by atoms with Crippen LogP contribution in [-0.4, -0.2) is 4.98 Å². The molecule has 2 nitrogen and oxygen atoms in total. The van der Waals surface area contributed by atoms with Crippen LogP contribution in [-0.2, 0) is 5.88 Å². The highest BCUT2D eigenvalue weighted by Gasteiger charge is 2.04. The summed E-state index contributed by atoms with van der Waals surface area (Å²) >= 11 is 7.86. The van der Waals surface area contributed by atoms with Crippen LogP contribution in [0.3, 0.4) is 0 Å². The minimum atomic E-state index is 0.310. The van der Waals surface area contributed by atoms with E-state index in [4.69, 9.17) is 16.0 Å². The summed E-state index contributed by atoms with van der Waals surface area (Å²) in [5.74, 6) is 1.63. The predicted octanol–water partition coefficient (Wildman–Crippen LogP) is 3.69. The SMILES string of the molecule is ClCc1ncc(-c2ccc(I)cc2)o1. The van der Waals surface area contributed by atoms with E-state index in [0.717, 1.165) is 11.3 Å². The second-order valence-electron chi connectivity index (χ2n) is 2.76. The van der Waals surface area contributed by atoms with Gasteiger partial charge in [-0.2, -0.15) is 0 Å². The molecule has 0 aliphatic rings. The second kappa shape index (κ2) is 4.31. The van der Waals surface area contributed by atoms with E-state index in [9.17, 15) is 0 Å². The van der Waals surface area contributed by atoms with E-state index < -0.39 is 0 Å². The van der Waals surface area contributed by atoms with Crippen molar-refractivity contribution >= 4 is 34.2 Å². The Balaban J connectivity index is 2.34. The Hall–Kier alpha value is -0.550. The molecule has 0 aliphatic carbocycles. The monoisotopic (exact) mass is 319 g/mol. The first kappa shape index (κ1) is 9.98. The number of halogens is 2. The van der Waals surface area contributed by atoms with Crippen LogP contribution in [0.15, 0.2) is 34.9 Å². The van der Waals surface area contributed by atoms with Crippen molar-refractivity contribution in [3.8, 4) is 11.3 Å². The average Bonchev–Trinajstić information content (AvgIpc) is 2.67. The van der Waals surface area contributed by atoms with E-state index in [2.05, 4.69) is 27.6 Å². The number of hydrogen-bond donors (Lipinski definition) is 0. The van der Waals surface area contributed by atoms with E-state index in [1.807, 2.05) is 24.3 Å². The molecular weight excluding hydrogens is 312 g/mol. The molecule has 2 rings (SSSR count). The van der Waals surface area contributed by atoms with Gasteiger partial charge in [-0.15, -0.1) is 11.6 Å². The molecule has 0 saturated carbocycles. The van der Waals surface area contributed by atoms with Crippen LogP contribution >= 0.6 is 34.2 Å². The molecule has 0 N–H and O–H groups in total. The zero-order valence-corrected chi connectivity index (χ0v) is 10.1. The van der Waals surface area contributed by atoms with Gasteiger partial charge in [0, 0.05) is 9.13 Å². The van der Waals surface area contributed by atoms with Crippen LogP contribution in [0.5, 0.6) is 0 Å². The van der Waals surface area contributed by atoms with Crippen LogP contribution < -0.4 is 0 Å². The van der Waals surface area contributed by atoms with Gasteiger partial charge in [-0.05, 0) is 34.7 Å². The van der Waals surface area contributed by atoms with E-state index in [1.54, 1.807) is 6.20 Å². The van der Waals surface area contributed by atoms with Crippen molar-refractivity contribution in [1.82, 2.24) is 4.98 Å². The first-order valence-corrected chi connectivity index (χ1v) is 5.67. The smallest absolute Gasteiger partial charge is 0.209 e. The van der Waals surface area contributed by atoms with Gasteiger partial charge in [0.1, 0.15) is 0 Å². The molecule has 0 bridgehead atoms. The lowest BCUT2D eigenvalue weighted by atomic mass is 10.2. The zero-order valence-electron chi connectivity index (χ0n) is 7.21. The molecule has 2 aromatic rings. The Morgan fingerprint density at radius 2 is 2.00 bits per heavy atom. The summed E-state index contributed by atoms with van der Waals surface area (Å²) in [6.07, 6.45) is 1.69. The fourth-order valence-electron chi connectivity index (χ4n) is 1.12. The van der Waals surface area contributed by atoms with Crippen LogP contribution in [0.1, 0.15) is 5.89 Å². The third kappa shape index (κ3) is 2.09. The van der Waals surface area contributed by atoms with Gasteiger partial charge >= 0.3 is 0 Å². The van der Waals surface area contributed by atoms with Gasteiger partial charge in [-0.3, -0.25) is 0 Å². The molecule has 0 aliphatic heterocycles.